The molecule has 0 aliphatic rings. The minimum atomic E-state index is -0.657. The molecule has 3 rings (SSSR count). The van der Waals surface area contributed by atoms with Crippen molar-refractivity contribution in [2.75, 3.05) is 11.9 Å². The number of thiophene rings is 1. The predicted octanol–water partition coefficient (Wildman–Crippen LogP) is 3.07. The third-order valence-electron chi connectivity index (χ3n) is 3.48. The second kappa shape index (κ2) is 8.81. The minimum Gasteiger partial charge on any atom is -0.467 e. The van der Waals surface area contributed by atoms with Crippen LogP contribution in [0.1, 0.15) is 25.8 Å². The lowest BCUT2D eigenvalue weighted by molar-refractivity contribution is -0.124. The van der Waals surface area contributed by atoms with E-state index in [9.17, 15) is 14.4 Å². The van der Waals surface area contributed by atoms with Crippen LogP contribution >= 0.6 is 11.3 Å². The molecule has 0 aliphatic carbocycles. The van der Waals surface area contributed by atoms with Gasteiger partial charge in [0, 0.05) is 5.69 Å². The third-order valence-corrected chi connectivity index (χ3v) is 4.34. The first-order valence-corrected chi connectivity index (χ1v) is 8.91. The van der Waals surface area contributed by atoms with E-state index >= 15 is 0 Å². The van der Waals surface area contributed by atoms with Gasteiger partial charge in [0.05, 0.1) is 23.2 Å². The van der Waals surface area contributed by atoms with Crippen LogP contribution in [0.2, 0.25) is 0 Å². The summed E-state index contributed by atoms with van der Waals surface area (Å²) in [6.07, 6.45) is 1.51. The van der Waals surface area contributed by atoms with Gasteiger partial charge in [-0.3, -0.25) is 9.59 Å². The van der Waals surface area contributed by atoms with Gasteiger partial charge in [0.15, 0.2) is 6.61 Å². The molecule has 27 heavy (non-hydrogen) atoms. The Morgan fingerprint density at radius 3 is 2.70 bits per heavy atom. The van der Waals surface area contributed by atoms with Gasteiger partial charge in [-0.15, -0.1) is 11.3 Å². The van der Waals surface area contributed by atoms with Crippen molar-refractivity contribution in [2.45, 2.75) is 6.54 Å². The first-order valence-electron chi connectivity index (χ1n) is 8.03. The molecule has 8 heteroatoms. The van der Waals surface area contributed by atoms with Crippen LogP contribution in [0.25, 0.3) is 0 Å². The van der Waals surface area contributed by atoms with Gasteiger partial charge in [0.2, 0.25) is 0 Å². The molecule has 2 heterocycles. The van der Waals surface area contributed by atoms with Crippen molar-refractivity contribution in [3.63, 3.8) is 0 Å². The summed E-state index contributed by atoms with van der Waals surface area (Å²) in [7, 11) is 0. The summed E-state index contributed by atoms with van der Waals surface area (Å²) in [4.78, 5) is 36.5. The van der Waals surface area contributed by atoms with Gasteiger partial charge in [-0.1, -0.05) is 12.1 Å². The molecule has 0 radical (unpaired) electrons. The van der Waals surface area contributed by atoms with Gasteiger partial charge in [0.1, 0.15) is 5.76 Å². The number of carbonyl (C=O) groups excluding carboxylic acids is 3. The molecular weight excluding hydrogens is 368 g/mol. The Balaban J connectivity index is 1.50. The van der Waals surface area contributed by atoms with Crippen LogP contribution in [0.4, 0.5) is 5.69 Å². The summed E-state index contributed by atoms with van der Waals surface area (Å²) in [5, 5.41) is 7.10. The zero-order chi connectivity index (χ0) is 19.1. The van der Waals surface area contributed by atoms with E-state index < -0.39 is 18.5 Å². The number of hydrogen-bond donors (Lipinski definition) is 2. The highest BCUT2D eigenvalue weighted by atomic mass is 32.1. The number of ether oxygens (including phenoxy) is 1. The number of benzene rings is 1. The SMILES string of the molecule is O=C(COC(=O)c1cccc(NC(=O)c2cccs2)c1)NCc1ccco1. The van der Waals surface area contributed by atoms with E-state index in [0.29, 0.717) is 16.3 Å². The molecule has 0 saturated carbocycles. The summed E-state index contributed by atoms with van der Waals surface area (Å²) < 4.78 is 10.1. The Bertz CT molecular complexity index is 920. The molecule has 3 aromatic rings. The van der Waals surface area contributed by atoms with E-state index in [0.717, 1.165) is 0 Å². The fraction of sp³-hybridized carbons (Fsp3) is 0.105. The van der Waals surface area contributed by atoms with Crippen molar-refractivity contribution in [2.24, 2.45) is 0 Å². The number of hydrogen-bond acceptors (Lipinski definition) is 6. The van der Waals surface area contributed by atoms with Crippen LogP contribution in [0.5, 0.6) is 0 Å². The third kappa shape index (κ3) is 5.29. The molecule has 1 aromatic carbocycles. The van der Waals surface area contributed by atoms with Gasteiger partial charge < -0.3 is 19.8 Å². The lowest BCUT2D eigenvalue weighted by Crippen LogP contribution is -2.28. The van der Waals surface area contributed by atoms with E-state index in [2.05, 4.69) is 10.6 Å². The summed E-state index contributed by atoms with van der Waals surface area (Å²) in [6.45, 7) is -0.195. The van der Waals surface area contributed by atoms with E-state index in [1.165, 1.54) is 23.7 Å². The number of rotatable bonds is 7. The maximum atomic E-state index is 12.1. The Kier molecular flexibility index (Phi) is 6.01. The molecule has 2 N–H and O–H groups in total. The average Bonchev–Trinajstić information content (AvgIpc) is 3.38. The van der Waals surface area contributed by atoms with Gasteiger partial charge in [-0.05, 0) is 41.8 Å². The van der Waals surface area contributed by atoms with Crippen molar-refractivity contribution in [1.82, 2.24) is 5.32 Å². The average molecular weight is 384 g/mol. The van der Waals surface area contributed by atoms with Crippen LogP contribution < -0.4 is 10.6 Å². The number of amides is 2. The molecule has 138 valence electrons. The highest BCUT2D eigenvalue weighted by Gasteiger charge is 2.12. The Morgan fingerprint density at radius 2 is 1.96 bits per heavy atom. The molecule has 0 bridgehead atoms. The molecule has 0 saturated heterocycles. The van der Waals surface area contributed by atoms with Crippen molar-refractivity contribution in [3.8, 4) is 0 Å². The van der Waals surface area contributed by atoms with Gasteiger partial charge in [-0.2, -0.15) is 0 Å². The molecule has 0 spiro atoms. The Hall–Kier alpha value is -3.39. The van der Waals surface area contributed by atoms with Crippen molar-refractivity contribution in [3.05, 3.63) is 76.4 Å². The van der Waals surface area contributed by atoms with E-state index in [1.807, 2.05) is 0 Å². The lowest BCUT2D eigenvalue weighted by Gasteiger charge is -2.08. The quantitative estimate of drug-likeness (QED) is 0.610. The normalized spacial score (nSPS) is 10.2. The summed E-state index contributed by atoms with van der Waals surface area (Å²) in [5.74, 6) is -0.756. The minimum absolute atomic E-state index is 0.216. The topological polar surface area (TPSA) is 97.6 Å². The number of carbonyl (C=O) groups is 3. The summed E-state index contributed by atoms with van der Waals surface area (Å²) >= 11 is 1.32. The molecule has 0 aliphatic heterocycles. The first kappa shape index (κ1) is 18.4. The van der Waals surface area contributed by atoms with Crippen molar-refractivity contribution >= 4 is 34.8 Å². The monoisotopic (exact) mass is 384 g/mol. The number of nitrogens with one attached hydrogen (secondary N) is 2. The van der Waals surface area contributed by atoms with Gasteiger partial charge >= 0.3 is 5.97 Å². The number of anilines is 1. The fourth-order valence-electron chi connectivity index (χ4n) is 2.19. The van der Waals surface area contributed by atoms with E-state index in [1.54, 1.807) is 47.8 Å². The zero-order valence-electron chi connectivity index (χ0n) is 14.1. The second-order valence-electron chi connectivity index (χ2n) is 5.44. The highest BCUT2D eigenvalue weighted by molar-refractivity contribution is 7.12. The largest absolute Gasteiger partial charge is 0.467 e. The lowest BCUT2D eigenvalue weighted by atomic mass is 10.2. The number of furan rings is 1. The molecular formula is C19H16N2O5S. The molecule has 2 amide bonds. The molecule has 7 nitrogen and oxygen atoms in total. The molecule has 0 atom stereocenters. The fourth-order valence-corrected chi connectivity index (χ4v) is 2.81. The van der Waals surface area contributed by atoms with E-state index in [4.69, 9.17) is 9.15 Å². The Labute approximate surface area is 159 Å². The van der Waals surface area contributed by atoms with E-state index in [-0.39, 0.29) is 18.0 Å². The molecule has 0 unspecified atom stereocenters. The van der Waals surface area contributed by atoms with Crippen LogP contribution in [-0.2, 0) is 16.1 Å². The molecule has 2 aromatic heterocycles. The predicted molar refractivity (Wildman–Crippen MR) is 99.6 cm³/mol. The van der Waals surface area contributed by atoms with Crippen LogP contribution in [0.3, 0.4) is 0 Å². The van der Waals surface area contributed by atoms with Crippen LogP contribution in [0.15, 0.2) is 64.6 Å². The maximum Gasteiger partial charge on any atom is 0.338 e. The van der Waals surface area contributed by atoms with Crippen molar-refractivity contribution in [1.29, 1.82) is 0 Å². The smallest absolute Gasteiger partial charge is 0.338 e. The van der Waals surface area contributed by atoms with Crippen LogP contribution in [-0.4, -0.2) is 24.4 Å². The summed E-state index contributed by atoms with van der Waals surface area (Å²) in [6, 6.07) is 13.3. The maximum absolute atomic E-state index is 12.1. The standard InChI is InChI=1S/C19H16N2O5S/c22-17(20-11-15-6-2-8-25-15)12-26-19(24)13-4-1-5-14(10-13)21-18(23)16-7-3-9-27-16/h1-10H,11-12H2,(H,20,22)(H,21,23). The first-order chi connectivity index (χ1) is 13.1. The van der Waals surface area contributed by atoms with Gasteiger partial charge in [0.25, 0.3) is 11.8 Å². The number of esters is 1. The molecule has 0 fully saturated rings. The summed E-state index contributed by atoms with van der Waals surface area (Å²) in [5.41, 5.74) is 0.697. The van der Waals surface area contributed by atoms with Crippen molar-refractivity contribution < 1.29 is 23.5 Å². The highest BCUT2D eigenvalue weighted by Crippen LogP contribution is 2.15. The zero-order valence-corrected chi connectivity index (χ0v) is 15.0. The Morgan fingerprint density at radius 1 is 1.07 bits per heavy atom. The second-order valence-corrected chi connectivity index (χ2v) is 6.39. The van der Waals surface area contributed by atoms with Gasteiger partial charge in [-0.25, -0.2) is 4.79 Å². The van der Waals surface area contributed by atoms with Crippen LogP contribution in [0, 0.1) is 0 Å².